The van der Waals surface area contributed by atoms with Crippen molar-refractivity contribution in [2.24, 2.45) is 5.41 Å². The first kappa shape index (κ1) is 15.8. The summed E-state index contributed by atoms with van der Waals surface area (Å²) in [6.45, 7) is 14.4. The second-order valence-electron chi connectivity index (χ2n) is 7.10. The normalized spacial score (nSPS) is 18.8. The van der Waals surface area contributed by atoms with Crippen LogP contribution in [-0.2, 0) is 6.54 Å². The zero-order valence-electron chi connectivity index (χ0n) is 13.6. The zero-order chi connectivity index (χ0) is 14.8. The van der Waals surface area contributed by atoms with E-state index in [9.17, 15) is 0 Å². The quantitative estimate of drug-likeness (QED) is 0.888. The van der Waals surface area contributed by atoms with Gasteiger partial charge in [0.15, 0.2) is 5.13 Å². The van der Waals surface area contributed by atoms with E-state index < -0.39 is 0 Å². The van der Waals surface area contributed by atoms with E-state index in [0.29, 0.717) is 5.41 Å². The summed E-state index contributed by atoms with van der Waals surface area (Å²) in [6.07, 6.45) is 3.88. The topological polar surface area (TPSA) is 28.2 Å². The van der Waals surface area contributed by atoms with Crippen molar-refractivity contribution in [3.8, 4) is 0 Å². The number of nitrogens with zero attached hydrogens (tertiary/aromatic N) is 2. The van der Waals surface area contributed by atoms with Crippen molar-refractivity contribution < 1.29 is 0 Å². The van der Waals surface area contributed by atoms with Gasteiger partial charge in [-0.1, -0.05) is 13.8 Å². The minimum atomic E-state index is 0.150. The molecule has 0 radical (unpaired) electrons. The van der Waals surface area contributed by atoms with Crippen molar-refractivity contribution in [2.75, 3.05) is 18.0 Å². The summed E-state index contributed by atoms with van der Waals surface area (Å²) in [7, 11) is 0. The molecular formula is C16H29N3S. The third-order valence-electron chi connectivity index (χ3n) is 4.55. The van der Waals surface area contributed by atoms with E-state index in [-0.39, 0.29) is 5.54 Å². The molecule has 1 aromatic heterocycles. The van der Waals surface area contributed by atoms with Crippen molar-refractivity contribution in [1.82, 2.24) is 10.3 Å². The molecule has 0 atom stereocenters. The van der Waals surface area contributed by atoms with Crippen LogP contribution < -0.4 is 10.2 Å². The zero-order valence-corrected chi connectivity index (χ0v) is 14.4. The highest BCUT2D eigenvalue weighted by Gasteiger charge is 2.35. The maximum atomic E-state index is 4.81. The second kappa shape index (κ2) is 6.02. The van der Waals surface area contributed by atoms with Gasteiger partial charge >= 0.3 is 0 Å². The van der Waals surface area contributed by atoms with Crippen LogP contribution in [0.5, 0.6) is 0 Å². The lowest BCUT2D eigenvalue weighted by Gasteiger charge is -2.26. The molecule has 20 heavy (non-hydrogen) atoms. The molecule has 0 bridgehead atoms. The minimum absolute atomic E-state index is 0.150. The molecule has 1 aromatic rings. The van der Waals surface area contributed by atoms with Crippen LogP contribution >= 0.6 is 11.3 Å². The molecule has 1 aliphatic heterocycles. The lowest BCUT2D eigenvalue weighted by molar-refractivity contribution is 0.301. The number of aromatic nitrogens is 1. The molecule has 2 heterocycles. The molecule has 2 rings (SSSR count). The van der Waals surface area contributed by atoms with Crippen LogP contribution in [0.3, 0.4) is 0 Å². The molecular weight excluding hydrogens is 266 g/mol. The first-order chi connectivity index (χ1) is 9.37. The smallest absolute Gasteiger partial charge is 0.185 e. The Morgan fingerprint density at radius 1 is 1.35 bits per heavy atom. The van der Waals surface area contributed by atoms with E-state index in [1.165, 1.54) is 43.2 Å². The highest BCUT2D eigenvalue weighted by molar-refractivity contribution is 7.13. The Labute approximate surface area is 127 Å². The van der Waals surface area contributed by atoms with Gasteiger partial charge in [-0.2, -0.15) is 0 Å². The Hall–Kier alpha value is -0.610. The maximum Gasteiger partial charge on any atom is 0.185 e. The second-order valence-corrected chi connectivity index (χ2v) is 7.94. The fourth-order valence-corrected chi connectivity index (χ4v) is 3.66. The van der Waals surface area contributed by atoms with E-state index >= 15 is 0 Å². The highest BCUT2D eigenvalue weighted by Crippen LogP contribution is 2.39. The average molecular weight is 295 g/mol. The molecule has 4 heteroatoms. The molecule has 3 nitrogen and oxygen atoms in total. The molecule has 0 aromatic carbocycles. The van der Waals surface area contributed by atoms with E-state index in [1.807, 2.05) is 0 Å². The van der Waals surface area contributed by atoms with Crippen LogP contribution in [0.1, 0.15) is 59.6 Å². The number of anilines is 1. The molecule has 1 fully saturated rings. The largest absolute Gasteiger partial charge is 0.348 e. The number of nitrogens with one attached hydrogen (secondary N) is 1. The maximum absolute atomic E-state index is 4.81. The number of rotatable bonds is 5. The molecule has 1 saturated heterocycles. The van der Waals surface area contributed by atoms with Gasteiger partial charge in [-0.3, -0.25) is 0 Å². The van der Waals surface area contributed by atoms with Crippen molar-refractivity contribution in [1.29, 1.82) is 0 Å². The van der Waals surface area contributed by atoms with Gasteiger partial charge in [-0.05, 0) is 45.4 Å². The van der Waals surface area contributed by atoms with Gasteiger partial charge in [0.25, 0.3) is 0 Å². The van der Waals surface area contributed by atoms with Crippen LogP contribution in [0.15, 0.2) is 5.38 Å². The van der Waals surface area contributed by atoms with Crippen LogP contribution in [0.2, 0.25) is 0 Å². The predicted octanol–water partition coefficient (Wildman–Crippen LogP) is 4.05. The third-order valence-corrected chi connectivity index (χ3v) is 5.50. The minimum Gasteiger partial charge on any atom is -0.348 e. The summed E-state index contributed by atoms with van der Waals surface area (Å²) in [6, 6.07) is 0. The summed E-state index contributed by atoms with van der Waals surface area (Å²) in [5.41, 5.74) is 1.84. The summed E-state index contributed by atoms with van der Waals surface area (Å²) >= 11 is 1.79. The lowest BCUT2D eigenvalue weighted by atomic mass is 9.82. The average Bonchev–Trinajstić information content (AvgIpc) is 3.03. The van der Waals surface area contributed by atoms with Gasteiger partial charge in [-0.15, -0.1) is 11.3 Å². The summed E-state index contributed by atoms with van der Waals surface area (Å²) in [5.74, 6) is 0. The molecule has 0 amide bonds. The molecule has 1 N–H and O–H groups in total. The van der Waals surface area contributed by atoms with Crippen LogP contribution in [-0.4, -0.2) is 23.6 Å². The third kappa shape index (κ3) is 3.73. The van der Waals surface area contributed by atoms with Gasteiger partial charge < -0.3 is 10.2 Å². The summed E-state index contributed by atoms with van der Waals surface area (Å²) in [4.78, 5) is 7.30. The molecule has 1 aliphatic rings. The molecule has 0 saturated carbocycles. The predicted molar refractivity (Wildman–Crippen MR) is 88.6 cm³/mol. The van der Waals surface area contributed by atoms with Gasteiger partial charge in [0.1, 0.15) is 0 Å². The summed E-state index contributed by atoms with van der Waals surface area (Å²) < 4.78 is 0. The standard InChI is InChI=1S/C16H29N3S/c1-6-16(7-2)8-9-19(12-16)14-18-13(11-20-14)10-17-15(3,4)5/h11,17H,6-10,12H2,1-5H3. The summed E-state index contributed by atoms with van der Waals surface area (Å²) in [5, 5.41) is 6.91. The number of hydrogen-bond donors (Lipinski definition) is 1. The number of thiazole rings is 1. The Kier molecular flexibility index (Phi) is 4.75. The van der Waals surface area contributed by atoms with E-state index in [0.717, 1.165) is 6.54 Å². The lowest BCUT2D eigenvalue weighted by Crippen LogP contribution is -2.35. The van der Waals surface area contributed by atoms with Gasteiger partial charge in [0, 0.05) is 30.6 Å². The van der Waals surface area contributed by atoms with E-state index in [4.69, 9.17) is 4.98 Å². The Morgan fingerprint density at radius 2 is 2.05 bits per heavy atom. The Morgan fingerprint density at radius 3 is 2.60 bits per heavy atom. The van der Waals surface area contributed by atoms with Crippen molar-refractivity contribution >= 4 is 16.5 Å². The van der Waals surface area contributed by atoms with Crippen LogP contribution in [0.4, 0.5) is 5.13 Å². The van der Waals surface area contributed by atoms with Gasteiger partial charge in [0.05, 0.1) is 5.69 Å². The fourth-order valence-electron chi connectivity index (χ4n) is 2.80. The van der Waals surface area contributed by atoms with Gasteiger partial charge in [0.2, 0.25) is 0 Å². The monoisotopic (exact) mass is 295 g/mol. The van der Waals surface area contributed by atoms with Crippen LogP contribution in [0, 0.1) is 5.41 Å². The first-order valence-electron chi connectivity index (χ1n) is 7.82. The number of hydrogen-bond acceptors (Lipinski definition) is 4. The van der Waals surface area contributed by atoms with Gasteiger partial charge in [-0.25, -0.2) is 4.98 Å². The molecule has 0 spiro atoms. The first-order valence-corrected chi connectivity index (χ1v) is 8.70. The van der Waals surface area contributed by atoms with E-state index in [1.54, 1.807) is 11.3 Å². The van der Waals surface area contributed by atoms with Crippen molar-refractivity contribution in [3.63, 3.8) is 0 Å². The fraction of sp³-hybridized carbons (Fsp3) is 0.812. The Balaban J connectivity index is 1.96. The SMILES string of the molecule is CCC1(CC)CCN(c2nc(CNC(C)(C)C)cs2)C1. The van der Waals surface area contributed by atoms with Crippen molar-refractivity contribution in [3.05, 3.63) is 11.1 Å². The molecule has 114 valence electrons. The highest BCUT2D eigenvalue weighted by atomic mass is 32.1. The Bertz CT molecular complexity index is 429. The van der Waals surface area contributed by atoms with Crippen LogP contribution in [0.25, 0.3) is 0 Å². The molecule has 0 aliphatic carbocycles. The van der Waals surface area contributed by atoms with E-state index in [2.05, 4.69) is 50.2 Å². The van der Waals surface area contributed by atoms with Crippen molar-refractivity contribution in [2.45, 2.75) is 66.0 Å². The molecule has 0 unspecified atom stereocenters.